The summed E-state index contributed by atoms with van der Waals surface area (Å²) >= 11 is 0. The number of carbonyl (C=O) groups is 1. The van der Waals surface area contributed by atoms with Crippen LogP contribution in [-0.4, -0.2) is 50.5 Å². The van der Waals surface area contributed by atoms with E-state index in [0.29, 0.717) is 11.4 Å². The van der Waals surface area contributed by atoms with E-state index in [9.17, 15) is 4.79 Å². The highest BCUT2D eigenvalue weighted by atomic mass is 16.2. The van der Waals surface area contributed by atoms with E-state index in [1.807, 2.05) is 37.3 Å². The maximum Gasteiger partial charge on any atom is 0.273 e. The third-order valence-electron chi connectivity index (χ3n) is 7.14. The number of aryl methyl sites for hydroxylation is 1. The zero-order valence-corrected chi connectivity index (χ0v) is 18.7. The van der Waals surface area contributed by atoms with Crippen molar-refractivity contribution in [3.8, 4) is 5.69 Å². The second kappa shape index (κ2) is 8.87. The lowest BCUT2D eigenvalue weighted by Crippen LogP contribution is -2.59. The molecule has 1 aromatic heterocycles. The number of carbonyl (C=O) groups excluding carboxylic acids is 1. The van der Waals surface area contributed by atoms with Crippen LogP contribution in [0, 0.1) is 6.92 Å². The quantitative estimate of drug-likeness (QED) is 0.645. The lowest BCUT2D eigenvalue weighted by Gasteiger charge is -2.52. The molecule has 2 fully saturated rings. The summed E-state index contributed by atoms with van der Waals surface area (Å²) in [5.41, 5.74) is 3.56. The molecule has 3 aromatic rings. The van der Waals surface area contributed by atoms with Gasteiger partial charge in [-0.1, -0.05) is 48.5 Å². The van der Waals surface area contributed by atoms with Gasteiger partial charge >= 0.3 is 0 Å². The molecule has 2 aromatic carbocycles. The van der Waals surface area contributed by atoms with Crippen molar-refractivity contribution in [2.45, 2.75) is 57.0 Å². The summed E-state index contributed by atoms with van der Waals surface area (Å²) in [4.78, 5) is 17.2. The van der Waals surface area contributed by atoms with Gasteiger partial charge in [0.2, 0.25) is 0 Å². The SMILES string of the molecule is Cc1nn(-c2ccccc2)nc1C(=O)NC1CCC(Cc2ccccc2)(N2CCC2)CC1. The monoisotopic (exact) mass is 429 g/mol. The first-order valence-electron chi connectivity index (χ1n) is 11.7. The van der Waals surface area contributed by atoms with Crippen molar-refractivity contribution in [3.05, 3.63) is 77.6 Å². The van der Waals surface area contributed by atoms with E-state index >= 15 is 0 Å². The van der Waals surface area contributed by atoms with Crippen molar-refractivity contribution < 1.29 is 4.79 Å². The number of benzene rings is 2. The normalized spacial score (nSPS) is 23.5. The average molecular weight is 430 g/mol. The lowest BCUT2D eigenvalue weighted by molar-refractivity contribution is -0.00442. The Bertz CT molecular complexity index is 1050. The van der Waals surface area contributed by atoms with Gasteiger partial charge in [0.05, 0.1) is 11.4 Å². The van der Waals surface area contributed by atoms with Crippen molar-refractivity contribution in [2.75, 3.05) is 13.1 Å². The summed E-state index contributed by atoms with van der Waals surface area (Å²) in [6, 6.07) is 20.7. The predicted molar refractivity (Wildman–Crippen MR) is 125 cm³/mol. The first kappa shape index (κ1) is 20.9. The summed E-state index contributed by atoms with van der Waals surface area (Å²) in [5.74, 6) is -0.116. The molecule has 166 valence electrons. The molecule has 32 heavy (non-hydrogen) atoms. The number of nitrogens with one attached hydrogen (secondary N) is 1. The minimum atomic E-state index is -0.116. The molecule has 2 aliphatic rings. The molecule has 0 radical (unpaired) electrons. The molecule has 1 aliphatic heterocycles. The number of para-hydroxylation sites is 1. The molecule has 1 saturated heterocycles. The van der Waals surface area contributed by atoms with Crippen LogP contribution in [-0.2, 0) is 6.42 Å². The third kappa shape index (κ3) is 4.19. The number of nitrogens with zero attached hydrogens (tertiary/aromatic N) is 4. The Kier molecular flexibility index (Phi) is 5.79. The van der Waals surface area contributed by atoms with Gasteiger partial charge in [-0.25, -0.2) is 0 Å². The first-order valence-corrected chi connectivity index (χ1v) is 11.7. The molecule has 1 aliphatic carbocycles. The van der Waals surface area contributed by atoms with Crippen LogP contribution in [0.4, 0.5) is 0 Å². The Morgan fingerprint density at radius 1 is 1.00 bits per heavy atom. The van der Waals surface area contributed by atoms with E-state index in [-0.39, 0.29) is 17.5 Å². The van der Waals surface area contributed by atoms with Crippen LogP contribution in [0.1, 0.15) is 53.8 Å². The average Bonchev–Trinajstić information content (AvgIpc) is 3.17. The first-order chi connectivity index (χ1) is 15.6. The fraction of sp³-hybridized carbons (Fsp3) is 0.423. The molecule has 1 amide bonds. The molecule has 1 N–H and O–H groups in total. The molecule has 5 rings (SSSR count). The van der Waals surface area contributed by atoms with E-state index in [0.717, 1.165) is 37.8 Å². The van der Waals surface area contributed by atoms with Crippen molar-refractivity contribution in [3.63, 3.8) is 0 Å². The number of likely N-dealkylation sites (tertiary alicyclic amines) is 1. The molecule has 0 spiro atoms. The molecule has 2 heterocycles. The van der Waals surface area contributed by atoms with Gasteiger partial charge in [-0.2, -0.15) is 9.90 Å². The highest BCUT2D eigenvalue weighted by Gasteiger charge is 2.42. The smallest absolute Gasteiger partial charge is 0.273 e. The van der Waals surface area contributed by atoms with Crippen LogP contribution < -0.4 is 5.32 Å². The summed E-state index contributed by atoms with van der Waals surface area (Å²) in [6.07, 6.45) is 6.62. The molecular weight excluding hydrogens is 398 g/mol. The van der Waals surface area contributed by atoms with E-state index in [4.69, 9.17) is 0 Å². The standard InChI is InChI=1S/C26H31N5O/c1-20-24(29-31(28-20)23-11-6-3-7-12-23)25(32)27-22-13-15-26(16-14-22,30-17-8-18-30)19-21-9-4-2-5-10-21/h2-7,9-12,22H,8,13-19H2,1H3,(H,27,32). The molecular formula is C26H31N5O. The topological polar surface area (TPSA) is 63.1 Å². The number of rotatable bonds is 6. The number of hydrogen-bond acceptors (Lipinski definition) is 4. The Balaban J connectivity index is 1.24. The molecule has 0 unspecified atom stereocenters. The van der Waals surface area contributed by atoms with Crippen LogP contribution in [0.25, 0.3) is 5.69 Å². The van der Waals surface area contributed by atoms with Crippen LogP contribution in [0.15, 0.2) is 60.7 Å². The molecule has 6 nitrogen and oxygen atoms in total. The Morgan fingerprint density at radius 3 is 2.28 bits per heavy atom. The summed E-state index contributed by atoms with van der Waals surface area (Å²) in [7, 11) is 0. The number of aromatic nitrogens is 3. The van der Waals surface area contributed by atoms with Gasteiger partial charge in [0.25, 0.3) is 5.91 Å². The Labute approximate surface area is 189 Å². The van der Waals surface area contributed by atoms with Crippen LogP contribution >= 0.6 is 0 Å². The largest absolute Gasteiger partial charge is 0.348 e. The maximum absolute atomic E-state index is 13.0. The minimum Gasteiger partial charge on any atom is -0.348 e. The van der Waals surface area contributed by atoms with E-state index in [1.54, 1.807) is 4.80 Å². The lowest BCUT2D eigenvalue weighted by atomic mass is 9.73. The van der Waals surface area contributed by atoms with E-state index in [1.165, 1.54) is 25.1 Å². The fourth-order valence-corrected chi connectivity index (χ4v) is 5.19. The molecule has 1 saturated carbocycles. The van der Waals surface area contributed by atoms with Gasteiger partial charge in [-0.05, 0) is 76.2 Å². The van der Waals surface area contributed by atoms with E-state index < -0.39 is 0 Å². The third-order valence-corrected chi connectivity index (χ3v) is 7.14. The Morgan fingerprint density at radius 2 is 1.66 bits per heavy atom. The fourth-order valence-electron chi connectivity index (χ4n) is 5.19. The maximum atomic E-state index is 13.0. The van der Waals surface area contributed by atoms with E-state index in [2.05, 4.69) is 50.7 Å². The summed E-state index contributed by atoms with van der Waals surface area (Å²) in [5, 5.41) is 12.2. The van der Waals surface area contributed by atoms with Crippen LogP contribution in [0.2, 0.25) is 0 Å². The highest BCUT2D eigenvalue weighted by molar-refractivity contribution is 5.93. The van der Waals surface area contributed by atoms with Crippen molar-refractivity contribution in [2.24, 2.45) is 0 Å². The van der Waals surface area contributed by atoms with Crippen LogP contribution in [0.5, 0.6) is 0 Å². The molecule has 0 bridgehead atoms. The van der Waals surface area contributed by atoms with Gasteiger partial charge in [0.15, 0.2) is 5.69 Å². The van der Waals surface area contributed by atoms with Crippen molar-refractivity contribution in [1.29, 1.82) is 0 Å². The van der Waals surface area contributed by atoms with Gasteiger partial charge in [0.1, 0.15) is 0 Å². The van der Waals surface area contributed by atoms with Crippen molar-refractivity contribution in [1.82, 2.24) is 25.2 Å². The van der Waals surface area contributed by atoms with Gasteiger partial charge < -0.3 is 5.32 Å². The van der Waals surface area contributed by atoms with Gasteiger partial charge in [0, 0.05) is 11.6 Å². The van der Waals surface area contributed by atoms with Gasteiger partial charge in [-0.3, -0.25) is 9.69 Å². The molecule has 0 atom stereocenters. The van der Waals surface area contributed by atoms with Crippen LogP contribution in [0.3, 0.4) is 0 Å². The highest BCUT2D eigenvalue weighted by Crippen LogP contribution is 2.39. The summed E-state index contributed by atoms with van der Waals surface area (Å²) in [6.45, 7) is 4.24. The molecule has 6 heteroatoms. The summed E-state index contributed by atoms with van der Waals surface area (Å²) < 4.78 is 0. The predicted octanol–water partition coefficient (Wildman–Crippen LogP) is 3.94. The van der Waals surface area contributed by atoms with Crippen molar-refractivity contribution >= 4 is 5.91 Å². The second-order valence-corrected chi connectivity index (χ2v) is 9.23. The zero-order valence-electron chi connectivity index (χ0n) is 18.7. The minimum absolute atomic E-state index is 0.116. The second-order valence-electron chi connectivity index (χ2n) is 9.23. The number of hydrogen-bond donors (Lipinski definition) is 1. The van der Waals surface area contributed by atoms with Gasteiger partial charge in [-0.15, -0.1) is 5.10 Å². The Hall–Kier alpha value is -2.99. The number of amides is 1. The zero-order chi connectivity index (χ0) is 22.0.